The normalized spacial score (nSPS) is 30.0. The Labute approximate surface area is 93.4 Å². The number of likely N-dealkylation sites (N-methyl/N-ethyl adjacent to an activating group) is 1. The van der Waals surface area contributed by atoms with Gasteiger partial charge in [0.1, 0.15) is 6.04 Å². The zero-order valence-corrected chi connectivity index (χ0v) is 9.54. The lowest BCUT2D eigenvalue weighted by molar-refractivity contribution is -0.187. The first kappa shape index (κ1) is 13.7. The molecular weight excluding hydrogens is 221 g/mol. The second kappa shape index (κ2) is 4.89. The van der Waals surface area contributed by atoms with E-state index in [0.29, 0.717) is 19.4 Å². The van der Waals surface area contributed by atoms with Gasteiger partial charge in [-0.05, 0) is 32.7 Å². The summed E-state index contributed by atoms with van der Waals surface area (Å²) in [6.45, 7) is 1.70. The highest BCUT2D eigenvalue weighted by molar-refractivity contribution is 4.88. The van der Waals surface area contributed by atoms with Gasteiger partial charge in [0.15, 0.2) is 0 Å². The van der Waals surface area contributed by atoms with Gasteiger partial charge in [-0.15, -0.1) is 0 Å². The molecule has 0 bridgehead atoms. The van der Waals surface area contributed by atoms with Crippen molar-refractivity contribution in [3.63, 3.8) is 0 Å². The Balaban J connectivity index is 2.51. The Bertz CT molecular complexity index is 227. The van der Waals surface area contributed by atoms with Gasteiger partial charge in [0.25, 0.3) is 0 Å². The van der Waals surface area contributed by atoms with Crippen LogP contribution in [0.25, 0.3) is 0 Å². The van der Waals surface area contributed by atoms with Crippen LogP contribution in [0.1, 0.15) is 19.8 Å². The molecule has 1 aliphatic carbocycles. The smallest absolute Gasteiger partial charge is 0.393 e. The standard InChI is InChI=1S/C10H19F3N2O/c1-6(14)9(10(11,12)13)15(2)5-7-3-8(16)4-7/h6-9,16H,3-5,14H2,1-2H3. The summed E-state index contributed by atoms with van der Waals surface area (Å²) in [6.07, 6.45) is -3.45. The second-order valence-corrected chi connectivity index (χ2v) is 4.78. The molecule has 3 N–H and O–H groups in total. The number of hydrogen-bond acceptors (Lipinski definition) is 3. The topological polar surface area (TPSA) is 49.5 Å². The molecule has 1 fully saturated rings. The Morgan fingerprint density at radius 1 is 1.44 bits per heavy atom. The zero-order valence-electron chi connectivity index (χ0n) is 9.54. The summed E-state index contributed by atoms with van der Waals surface area (Å²) < 4.78 is 38.1. The Hall–Kier alpha value is -0.330. The molecule has 1 aliphatic rings. The summed E-state index contributed by atoms with van der Waals surface area (Å²) in [4.78, 5) is 1.25. The monoisotopic (exact) mass is 240 g/mol. The van der Waals surface area contributed by atoms with Crippen molar-refractivity contribution in [1.29, 1.82) is 0 Å². The SMILES string of the molecule is CC(N)C(N(C)CC1CC(O)C1)C(F)(F)F. The summed E-state index contributed by atoms with van der Waals surface area (Å²) in [7, 11) is 1.44. The predicted molar refractivity (Wildman–Crippen MR) is 54.9 cm³/mol. The lowest BCUT2D eigenvalue weighted by Gasteiger charge is -2.39. The van der Waals surface area contributed by atoms with E-state index in [9.17, 15) is 13.2 Å². The third-order valence-electron chi connectivity index (χ3n) is 3.07. The van der Waals surface area contributed by atoms with Crippen LogP contribution < -0.4 is 5.73 Å². The molecule has 2 atom stereocenters. The number of halogens is 3. The molecule has 3 nitrogen and oxygen atoms in total. The molecule has 0 aliphatic heterocycles. The number of aliphatic hydroxyl groups excluding tert-OH is 1. The van der Waals surface area contributed by atoms with E-state index in [1.54, 1.807) is 0 Å². The van der Waals surface area contributed by atoms with Crippen LogP contribution in [0.15, 0.2) is 0 Å². The van der Waals surface area contributed by atoms with Crippen molar-refractivity contribution in [3.8, 4) is 0 Å². The maximum Gasteiger partial charge on any atom is 0.405 e. The third-order valence-corrected chi connectivity index (χ3v) is 3.07. The van der Waals surface area contributed by atoms with Crippen molar-refractivity contribution in [2.45, 2.75) is 44.1 Å². The van der Waals surface area contributed by atoms with Crippen LogP contribution in [0.3, 0.4) is 0 Å². The number of alkyl halides is 3. The summed E-state index contributed by atoms with van der Waals surface area (Å²) >= 11 is 0. The molecule has 0 aromatic heterocycles. The molecule has 0 spiro atoms. The van der Waals surface area contributed by atoms with E-state index < -0.39 is 18.3 Å². The first-order valence-corrected chi connectivity index (χ1v) is 5.42. The zero-order chi connectivity index (χ0) is 12.5. The van der Waals surface area contributed by atoms with Gasteiger partial charge in [-0.3, -0.25) is 4.90 Å². The van der Waals surface area contributed by atoms with Gasteiger partial charge in [-0.25, -0.2) is 0 Å². The van der Waals surface area contributed by atoms with Gasteiger partial charge in [-0.2, -0.15) is 13.2 Å². The van der Waals surface area contributed by atoms with E-state index in [1.807, 2.05) is 0 Å². The third kappa shape index (κ3) is 3.33. The maximum atomic E-state index is 12.7. The first-order chi connectivity index (χ1) is 7.21. The van der Waals surface area contributed by atoms with E-state index in [0.717, 1.165) is 0 Å². The molecule has 6 heteroatoms. The molecule has 0 aromatic rings. The van der Waals surface area contributed by atoms with E-state index in [4.69, 9.17) is 10.8 Å². The highest BCUT2D eigenvalue weighted by Gasteiger charge is 2.45. The second-order valence-electron chi connectivity index (χ2n) is 4.78. The molecule has 2 unspecified atom stereocenters. The van der Waals surface area contributed by atoms with Crippen molar-refractivity contribution in [2.75, 3.05) is 13.6 Å². The van der Waals surface area contributed by atoms with Crippen LogP contribution in [0, 0.1) is 5.92 Å². The molecule has 16 heavy (non-hydrogen) atoms. The van der Waals surface area contributed by atoms with E-state index in [1.165, 1.54) is 18.9 Å². The number of rotatable bonds is 4. The van der Waals surface area contributed by atoms with Crippen molar-refractivity contribution >= 4 is 0 Å². The van der Waals surface area contributed by atoms with E-state index in [2.05, 4.69) is 0 Å². The van der Waals surface area contributed by atoms with Crippen LogP contribution >= 0.6 is 0 Å². The van der Waals surface area contributed by atoms with Gasteiger partial charge in [-0.1, -0.05) is 0 Å². The summed E-state index contributed by atoms with van der Waals surface area (Å²) in [6, 6.07) is -2.56. The van der Waals surface area contributed by atoms with Crippen LogP contribution in [0.4, 0.5) is 13.2 Å². The molecule has 96 valence electrons. The number of nitrogens with zero attached hydrogens (tertiary/aromatic N) is 1. The fourth-order valence-corrected chi connectivity index (χ4v) is 2.32. The molecule has 0 heterocycles. The largest absolute Gasteiger partial charge is 0.405 e. The lowest BCUT2D eigenvalue weighted by Crippen LogP contribution is -2.55. The van der Waals surface area contributed by atoms with Crippen molar-refractivity contribution in [3.05, 3.63) is 0 Å². The van der Waals surface area contributed by atoms with Gasteiger partial charge >= 0.3 is 6.18 Å². The highest BCUT2D eigenvalue weighted by Crippen LogP contribution is 2.31. The van der Waals surface area contributed by atoms with Crippen LogP contribution in [0.5, 0.6) is 0 Å². The minimum atomic E-state index is -4.30. The Kier molecular flexibility index (Phi) is 4.20. The lowest BCUT2D eigenvalue weighted by atomic mass is 9.82. The molecule has 1 rings (SSSR count). The fourth-order valence-electron chi connectivity index (χ4n) is 2.32. The van der Waals surface area contributed by atoms with Gasteiger partial charge in [0, 0.05) is 12.6 Å². The Morgan fingerprint density at radius 3 is 2.25 bits per heavy atom. The molecule has 0 aromatic carbocycles. The predicted octanol–water partition coefficient (Wildman–Crippen LogP) is 0.967. The average Bonchev–Trinajstić information content (AvgIpc) is 1.96. The summed E-state index contributed by atoms with van der Waals surface area (Å²) in [5.74, 6) is 0.156. The average molecular weight is 240 g/mol. The van der Waals surface area contributed by atoms with Gasteiger partial charge < -0.3 is 10.8 Å². The van der Waals surface area contributed by atoms with Crippen LogP contribution in [-0.4, -0.2) is 48.0 Å². The van der Waals surface area contributed by atoms with Crippen molar-refractivity contribution in [2.24, 2.45) is 11.7 Å². The number of hydrogen-bond donors (Lipinski definition) is 2. The van der Waals surface area contributed by atoms with Gasteiger partial charge in [0.2, 0.25) is 0 Å². The van der Waals surface area contributed by atoms with Crippen LogP contribution in [-0.2, 0) is 0 Å². The molecular formula is C10H19F3N2O. The molecule has 0 amide bonds. The molecule has 0 radical (unpaired) electrons. The number of aliphatic hydroxyl groups is 1. The molecule has 1 saturated carbocycles. The van der Waals surface area contributed by atoms with Gasteiger partial charge in [0.05, 0.1) is 6.10 Å². The van der Waals surface area contributed by atoms with Crippen LogP contribution in [0.2, 0.25) is 0 Å². The first-order valence-electron chi connectivity index (χ1n) is 5.42. The van der Waals surface area contributed by atoms with Crippen molar-refractivity contribution in [1.82, 2.24) is 4.90 Å². The number of nitrogens with two attached hydrogens (primary N) is 1. The summed E-state index contributed by atoms with van der Waals surface area (Å²) in [5.41, 5.74) is 5.38. The highest BCUT2D eigenvalue weighted by atomic mass is 19.4. The minimum Gasteiger partial charge on any atom is -0.393 e. The van der Waals surface area contributed by atoms with Crippen molar-refractivity contribution < 1.29 is 18.3 Å². The Morgan fingerprint density at radius 2 is 1.94 bits per heavy atom. The quantitative estimate of drug-likeness (QED) is 0.769. The fraction of sp³-hybridized carbons (Fsp3) is 1.00. The maximum absolute atomic E-state index is 12.7. The summed E-state index contributed by atoms with van der Waals surface area (Å²) in [5, 5.41) is 9.07. The minimum absolute atomic E-state index is 0.156. The molecule has 0 saturated heterocycles. The van der Waals surface area contributed by atoms with E-state index >= 15 is 0 Å². The van der Waals surface area contributed by atoms with E-state index in [-0.39, 0.29) is 12.0 Å².